The van der Waals surface area contributed by atoms with E-state index in [9.17, 15) is 27.6 Å². The summed E-state index contributed by atoms with van der Waals surface area (Å²) in [5.41, 5.74) is 1.61. The second-order valence-corrected chi connectivity index (χ2v) is 13.5. The van der Waals surface area contributed by atoms with Crippen molar-refractivity contribution in [1.29, 1.82) is 0 Å². The number of anilines is 3. The number of ether oxygens (including phenoxy) is 1. The Balaban J connectivity index is 1.34. The van der Waals surface area contributed by atoms with Crippen LogP contribution in [0.1, 0.15) is 55.5 Å². The molecule has 2 atom stereocenters. The topological polar surface area (TPSA) is 104 Å². The highest BCUT2D eigenvalue weighted by molar-refractivity contribution is 6.10. The smallest absolute Gasteiger partial charge is 0.416 e. The Kier molecular flexibility index (Phi) is 7.95. The summed E-state index contributed by atoms with van der Waals surface area (Å²) in [7, 11) is 1.62. The first-order valence-corrected chi connectivity index (χ1v) is 15.5. The number of halogens is 3. The first-order valence-electron chi connectivity index (χ1n) is 15.5. The molecule has 0 unspecified atom stereocenters. The van der Waals surface area contributed by atoms with E-state index in [1.165, 1.54) is 11.8 Å². The molecule has 0 spiro atoms. The number of carbonyl (C=O) groups excluding carboxylic acids is 3. The number of imidazole rings is 1. The molecule has 3 aliphatic heterocycles. The third-order valence-electron chi connectivity index (χ3n) is 8.73. The molecule has 3 aliphatic rings. The van der Waals surface area contributed by atoms with Crippen LogP contribution in [0.25, 0.3) is 0 Å². The van der Waals surface area contributed by atoms with Crippen molar-refractivity contribution in [3.8, 4) is 0 Å². The molecule has 3 aromatic rings. The minimum absolute atomic E-state index is 0.0382. The maximum atomic E-state index is 14.1. The van der Waals surface area contributed by atoms with Crippen molar-refractivity contribution < 1.29 is 32.3 Å². The zero-order chi connectivity index (χ0) is 34.0. The van der Waals surface area contributed by atoms with Crippen LogP contribution in [0.15, 0.2) is 36.5 Å². The van der Waals surface area contributed by atoms with E-state index in [-0.39, 0.29) is 24.5 Å². The van der Waals surface area contributed by atoms with Crippen LogP contribution in [0.4, 0.5) is 35.2 Å². The number of para-hydroxylation sites is 1. The maximum Gasteiger partial charge on any atom is 0.416 e. The van der Waals surface area contributed by atoms with Gasteiger partial charge < -0.3 is 19.1 Å². The van der Waals surface area contributed by atoms with Crippen LogP contribution >= 0.6 is 0 Å². The number of likely N-dealkylation sites (N-methyl/N-ethyl adjacent to an activating group) is 1. The highest BCUT2D eigenvalue weighted by atomic mass is 19.4. The molecule has 0 bridgehead atoms. The minimum Gasteiger partial charge on any atom is -0.444 e. The molecule has 0 saturated carbocycles. The molecular weight excluding hydrogens is 615 g/mol. The molecule has 1 saturated heterocycles. The normalized spacial score (nSPS) is 20.1. The van der Waals surface area contributed by atoms with Gasteiger partial charge in [-0.15, -0.1) is 0 Å². The monoisotopic (exact) mass is 653 g/mol. The fourth-order valence-electron chi connectivity index (χ4n) is 6.71. The molecular formula is C33H38F3N7O4. The number of pyridine rings is 1. The Hall–Kier alpha value is -4.62. The Morgan fingerprint density at radius 3 is 2.51 bits per heavy atom. The summed E-state index contributed by atoms with van der Waals surface area (Å²) in [6.07, 6.45) is -3.13. The van der Waals surface area contributed by atoms with Crippen molar-refractivity contribution in [1.82, 2.24) is 19.4 Å². The van der Waals surface area contributed by atoms with Crippen molar-refractivity contribution in [3.63, 3.8) is 0 Å². The Morgan fingerprint density at radius 1 is 1.06 bits per heavy atom. The standard InChI is InChI=1S/C33H38F3N7O4/c1-19-8-7-9-24-28(19)42(17-23-16-40-10-11-41(18-26(40)38-23)31(46)47-32(3,4)5)15-21-13-27(44)43(29(21)30(45)39(24)6)25-14-22(33(34,35)36)12-20(2)37-25/h7-9,12,14,16,21,29H,10-11,13,15,17-18H2,1-6H3/t21-,29+/m1/s1. The van der Waals surface area contributed by atoms with Gasteiger partial charge >= 0.3 is 12.3 Å². The number of benzene rings is 1. The van der Waals surface area contributed by atoms with Crippen LogP contribution in [0.5, 0.6) is 0 Å². The Bertz CT molecular complexity index is 1750. The summed E-state index contributed by atoms with van der Waals surface area (Å²) in [6, 6.07) is 6.30. The molecule has 14 heteroatoms. The molecule has 0 aliphatic carbocycles. The van der Waals surface area contributed by atoms with E-state index < -0.39 is 47.2 Å². The van der Waals surface area contributed by atoms with Crippen LogP contribution in [0.3, 0.4) is 0 Å². The van der Waals surface area contributed by atoms with Crippen LogP contribution in [-0.2, 0) is 40.1 Å². The number of carbonyl (C=O) groups is 3. The number of aromatic nitrogens is 3. The summed E-state index contributed by atoms with van der Waals surface area (Å²) in [6.45, 7) is 10.8. The molecule has 250 valence electrons. The van der Waals surface area contributed by atoms with Gasteiger partial charge in [0.2, 0.25) is 11.8 Å². The zero-order valence-electron chi connectivity index (χ0n) is 27.3. The van der Waals surface area contributed by atoms with Gasteiger partial charge in [-0.25, -0.2) is 14.8 Å². The van der Waals surface area contributed by atoms with Gasteiger partial charge in [0.1, 0.15) is 23.3 Å². The first-order chi connectivity index (χ1) is 22.0. The van der Waals surface area contributed by atoms with Gasteiger partial charge in [-0.3, -0.25) is 19.4 Å². The largest absolute Gasteiger partial charge is 0.444 e. The average molecular weight is 654 g/mol. The van der Waals surface area contributed by atoms with Gasteiger partial charge in [0.05, 0.1) is 35.7 Å². The van der Waals surface area contributed by atoms with Crippen LogP contribution in [0, 0.1) is 19.8 Å². The number of alkyl halides is 3. The van der Waals surface area contributed by atoms with E-state index in [4.69, 9.17) is 9.72 Å². The number of amides is 3. The molecule has 0 N–H and O–H groups in total. The number of fused-ring (bicyclic) bond motifs is 3. The summed E-state index contributed by atoms with van der Waals surface area (Å²) in [4.78, 5) is 55.9. The molecule has 1 fully saturated rings. The molecule has 1 aromatic carbocycles. The number of hydrogen-bond acceptors (Lipinski definition) is 7. The van der Waals surface area contributed by atoms with E-state index in [0.717, 1.165) is 34.0 Å². The lowest BCUT2D eigenvalue weighted by atomic mass is 9.95. The van der Waals surface area contributed by atoms with Crippen LogP contribution in [-0.4, -0.2) is 69.1 Å². The second-order valence-electron chi connectivity index (χ2n) is 13.5. The van der Waals surface area contributed by atoms with Crippen molar-refractivity contribution >= 4 is 35.1 Å². The summed E-state index contributed by atoms with van der Waals surface area (Å²) in [5.74, 6) is -0.877. The average Bonchev–Trinajstić information content (AvgIpc) is 3.52. The molecule has 5 heterocycles. The lowest BCUT2D eigenvalue weighted by molar-refractivity contribution is -0.137. The predicted molar refractivity (Wildman–Crippen MR) is 168 cm³/mol. The number of hydrogen-bond donors (Lipinski definition) is 0. The van der Waals surface area contributed by atoms with Gasteiger partial charge in [-0.05, 0) is 58.4 Å². The van der Waals surface area contributed by atoms with Crippen LogP contribution < -0.4 is 14.7 Å². The zero-order valence-corrected chi connectivity index (χ0v) is 27.3. The third kappa shape index (κ3) is 6.24. The predicted octanol–water partition coefficient (Wildman–Crippen LogP) is 5.07. The van der Waals surface area contributed by atoms with Gasteiger partial charge in [-0.2, -0.15) is 13.2 Å². The SMILES string of the molecule is Cc1cc(C(F)(F)F)cc(N2C(=O)C[C@@H]3CN(Cc4cn5c(n4)CN(C(=O)OC(C)(C)C)CC5)c4c(C)cccc4N(C)C(=O)[C@H]32)n1. The number of rotatable bonds is 3. The fourth-order valence-corrected chi connectivity index (χ4v) is 6.71. The summed E-state index contributed by atoms with van der Waals surface area (Å²) in [5, 5.41) is 0. The fraction of sp³-hybridized carbons (Fsp3) is 0.485. The summed E-state index contributed by atoms with van der Waals surface area (Å²) < 4.78 is 48.8. The minimum atomic E-state index is -4.65. The molecule has 0 radical (unpaired) electrons. The van der Waals surface area contributed by atoms with Crippen molar-refractivity contribution in [2.75, 3.05) is 34.8 Å². The second kappa shape index (κ2) is 11.6. The van der Waals surface area contributed by atoms with Crippen LogP contribution in [0.2, 0.25) is 0 Å². The van der Waals surface area contributed by atoms with Gasteiger partial charge in [0.15, 0.2) is 0 Å². The lowest BCUT2D eigenvalue weighted by Crippen LogP contribution is -2.52. The van der Waals surface area contributed by atoms with Gasteiger partial charge in [-0.1, -0.05) is 12.1 Å². The quantitative estimate of drug-likeness (QED) is 0.389. The van der Waals surface area contributed by atoms with E-state index >= 15 is 0 Å². The summed E-state index contributed by atoms with van der Waals surface area (Å²) >= 11 is 0. The highest BCUT2D eigenvalue weighted by Gasteiger charge is 2.49. The molecule has 3 amide bonds. The Morgan fingerprint density at radius 2 is 1.81 bits per heavy atom. The van der Waals surface area contributed by atoms with Gasteiger partial charge in [0.25, 0.3) is 0 Å². The van der Waals surface area contributed by atoms with Gasteiger partial charge in [0, 0.05) is 50.9 Å². The highest BCUT2D eigenvalue weighted by Crippen LogP contribution is 2.42. The van der Waals surface area contributed by atoms with E-state index in [1.807, 2.05) is 56.7 Å². The van der Waals surface area contributed by atoms with Crippen molar-refractivity contribution in [2.24, 2.45) is 5.92 Å². The molecule has 2 aromatic heterocycles. The maximum absolute atomic E-state index is 14.1. The van der Waals surface area contributed by atoms with Crippen molar-refractivity contribution in [3.05, 3.63) is 64.9 Å². The molecule has 11 nitrogen and oxygen atoms in total. The number of aryl methyl sites for hydroxylation is 2. The molecule has 47 heavy (non-hydrogen) atoms. The van der Waals surface area contributed by atoms with E-state index in [1.54, 1.807) is 11.9 Å². The lowest BCUT2D eigenvalue weighted by Gasteiger charge is -2.39. The van der Waals surface area contributed by atoms with E-state index in [0.29, 0.717) is 37.7 Å². The number of nitrogens with zero attached hydrogens (tertiary/aromatic N) is 7. The van der Waals surface area contributed by atoms with Crippen molar-refractivity contribution in [2.45, 2.75) is 78.5 Å². The molecule has 6 rings (SSSR count). The third-order valence-corrected chi connectivity index (χ3v) is 8.73. The first kappa shape index (κ1) is 32.3. The van der Waals surface area contributed by atoms with E-state index in [2.05, 4.69) is 9.88 Å². The Labute approximate surface area is 270 Å².